The summed E-state index contributed by atoms with van der Waals surface area (Å²) in [5, 5.41) is 37.7. The van der Waals surface area contributed by atoms with E-state index < -0.39 is 33.8 Å². The van der Waals surface area contributed by atoms with Crippen molar-refractivity contribution in [3.05, 3.63) is 46.3 Å². The van der Waals surface area contributed by atoms with Crippen molar-refractivity contribution in [1.82, 2.24) is 19.7 Å². The van der Waals surface area contributed by atoms with Gasteiger partial charge in [-0.25, -0.2) is 0 Å². The highest BCUT2D eigenvalue weighted by Gasteiger charge is 2.35. The van der Waals surface area contributed by atoms with Gasteiger partial charge in [0.05, 0.1) is 10.5 Å². The van der Waals surface area contributed by atoms with Gasteiger partial charge in [-0.3, -0.25) is 15.1 Å². The van der Waals surface area contributed by atoms with Crippen LogP contribution in [0.2, 0.25) is 0 Å². The van der Waals surface area contributed by atoms with Crippen LogP contribution in [0.5, 0.6) is 11.5 Å². The summed E-state index contributed by atoms with van der Waals surface area (Å²) >= 11 is 0. The van der Waals surface area contributed by atoms with E-state index in [0.29, 0.717) is 0 Å². The Morgan fingerprint density at radius 2 is 1.85 bits per heavy atom. The number of aromatic nitrogens is 4. The summed E-state index contributed by atoms with van der Waals surface area (Å²) in [5.74, 6) is -1.94. The Kier molecular flexibility index (Phi) is 4.18. The number of nitro benzene ring substituents is 1. The fraction of sp³-hybridized carbons (Fsp3) is 0.133. The third kappa shape index (κ3) is 3.12. The lowest BCUT2D eigenvalue weighted by molar-refractivity contribution is -0.385. The van der Waals surface area contributed by atoms with Gasteiger partial charge in [-0.2, -0.15) is 13.2 Å². The van der Waals surface area contributed by atoms with Crippen LogP contribution in [0.1, 0.15) is 5.56 Å². The third-order valence-electron chi connectivity index (χ3n) is 3.77. The highest BCUT2D eigenvalue weighted by atomic mass is 19.4. The average Bonchev–Trinajstić information content (AvgIpc) is 2.97. The van der Waals surface area contributed by atoms with Crippen LogP contribution < -0.4 is 0 Å². The predicted octanol–water partition coefficient (Wildman–Crippen LogP) is 2.88. The highest BCUT2D eigenvalue weighted by Crippen LogP contribution is 2.40. The molecule has 140 valence electrons. The van der Waals surface area contributed by atoms with Crippen LogP contribution in [0.3, 0.4) is 0 Å². The topological polar surface area (TPSA) is 127 Å². The number of rotatable bonds is 3. The van der Waals surface area contributed by atoms with E-state index in [0.717, 1.165) is 30.6 Å². The van der Waals surface area contributed by atoms with Crippen LogP contribution in [0.25, 0.3) is 22.8 Å². The molecule has 0 saturated carbocycles. The van der Waals surface area contributed by atoms with Crippen molar-refractivity contribution in [2.75, 3.05) is 0 Å². The predicted molar refractivity (Wildman–Crippen MR) is 84.7 cm³/mol. The summed E-state index contributed by atoms with van der Waals surface area (Å²) in [6.45, 7) is 0. The first-order valence-electron chi connectivity index (χ1n) is 7.23. The first kappa shape index (κ1) is 18.1. The SMILES string of the molecule is Cn1c(-c2cc(O)c(O)c([N+](=O)[O-])c2)nnc1-c1cnccc1C(F)(F)F. The second-order valence-corrected chi connectivity index (χ2v) is 5.45. The van der Waals surface area contributed by atoms with Gasteiger partial charge < -0.3 is 14.8 Å². The molecule has 12 heteroatoms. The van der Waals surface area contributed by atoms with E-state index in [1.807, 2.05) is 0 Å². The maximum atomic E-state index is 13.2. The molecule has 0 aliphatic rings. The van der Waals surface area contributed by atoms with Gasteiger partial charge in [-0.1, -0.05) is 0 Å². The van der Waals surface area contributed by atoms with Gasteiger partial charge in [-0.15, -0.1) is 10.2 Å². The van der Waals surface area contributed by atoms with Crippen LogP contribution in [0.15, 0.2) is 30.6 Å². The van der Waals surface area contributed by atoms with Crippen molar-refractivity contribution in [2.45, 2.75) is 6.18 Å². The second kappa shape index (κ2) is 6.23. The molecule has 2 aromatic heterocycles. The van der Waals surface area contributed by atoms with Crippen molar-refractivity contribution < 1.29 is 28.3 Å². The number of nitrogens with zero attached hydrogens (tertiary/aromatic N) is 5. The number of pyridine rings is 1. The number of alkyl halides is 3. The lowest BCUT2D eigenvalue weighted by Crippen LogP contribution is -2.09. The van der Waals surface area contributed by atoms with Gasteiger partial charge in [0, 0.05) is 36.6 Å². The lowest BCUT2D eigenvalue weighted by Gasteiger charge is -2.12. The maximum absolute atomic E-state index is 13.2. The molecule has 0 aliphatic carbocycles. The molecule has 0 spiro atoms. The second-order valence-electron chi connectivity index (χ2n) is 5.45. The number of hydrogen-bond acceptors (Lipinski definition) is 7. The number of nitro groups is 1. The molecule has 0 radical (unpaired) electrons. The Morgan fingerprint density at radius 3 is 2.48 bits per heavy atom. The monoisotopic (exact) mass is 381 g/mol. The standard InChI is InChI=1S/C15H10F3N5O4/c1-22-13(7-4-10(23(26)27)12(25)11(24)5-7)20-21-14(22)8-6-19-3-2-9(8)15(16,17)18/h2-6,24-25H,1H3. The quantitative estimate of drug-likeness (QED) is 0.406. The zero-order valence-corrected chi connectivity index (χ0v) is 13.5. The van der Waals surface area contributed by atoms with E-state index in [2.05, 4.69) is 15.2 Å². The Hall–Kier alpha value is -3.70. The van der Waals surface area contributed by atoms with Crippen molar-refractivity contribution >= 4 is 5.69 Å². The summed E-state index contributed by atoms with van der Waals surface area (Å²) in [5.41, 5.74) is -2.11. The molecule has 0 fully saturated rings. The number of aromatic hydroxyl groups is 2. The molecule has 0 amide bonds. The molecule has 1 aromatic carbocycles. The van der Waals surface area contributed by atoms with Crippen molar-refractivity contribution in [2.24, 2.45) is 7.05 Å². The van der Waals surface area contributed by atoms with E-state index >= 15 is 0 Å². The molecule has 0 aliphatic heterocycles. The van der Waals surface area contributed by atoms with E-state index in [-0.39, 0.29) is 22.8 Å². The smallest absolute Gasteiger partial charge is 0.417 e. The largest absolute Gasteiger partial charge is 0.504 e. The summed E-state index contributed by atoms with van der Waals surface area (Å²) in [7, 11) is 1.35. The summed E-state index contributed by atoms with van der Waals surface area (Å²) in [6, 6.07) is 2.71. The summed E-state index contributed by atoms with van der Waals surface area (Å²) in [4.78, 5) is 13.7. The Bertz CT molecular complexity index is 1050. The molecule has 0 unspecified atom stereocenters. The van der Waals surface area contributed by atoms with Crippen molar-refractivity contribution in [1.29, 1.82) is 0 Å². The first-order valence-corrected chi connectivity index (χ1v) is 7.23. The zero-order valence-electron chi connectivity index (χ0n) is 13.5. The normalized spacial score (nSPS) is 11.6. The van der Waals surface area contributed by atoms with Gasteiger partial charge in [0.2, 0.25) is 5.75 Å². The highest BCUT2D eigenvalue weighted by molar-refractivity contribution is 5.70. The minimum absolute atomic E-state index is 0.0179. The first-order chi connectivity index (χ1) is 12.6. The molecule has 0 saturated heterocycles. The minimum Gasteiger partial charge on any atom is -0.504 e. The Morgan fingerprint density at radius 1 is 1.19 bits per heavy atom. The third-order valence-corrected chi connectivity index (χ3v) is 3.77. The molecular weight excluding hydrogens is 371 g/mol. The molecule has 3 rings (SSSR count). The number of phenolic OH excluding ortho intramolecular Hbond substituents is 2. The zero-order chi connectivity index (χ0) is 19.9. The fourth-order valence-corrected chi connectivity index (χ4v) is 2.51. The van der Waals surface area contributed by atoms with Crippen LogP contribution >= 0.6 is 0 Å². The van der Waals surface area contributed by atoms with Crippen LogP contribution in [0.4, 0.5) is 18.9 Å². The summed E-state index contributed by atoms with van der Waals surface area (Å²) < 4.78 is 40.8. The molecule has 2 heterocycles. The number of halogens is 3. The number of benzene rings is 1. The Labute approximate surface area is 148 Å². The minimum atomic E-state index is -4.65. The van der Waals surface area contributed by atoms with E-state index in [9.17, 15) is 33.5 Å². The number of hydrogen-bond donors (Lipinski definition) is 2. The average molecular weight is 381 g/mol. The van der Waals surface area contributed by atoms with E-state index in [1.54, 1.807) is 0 Å². The number of phenols is 2. The van der Waals surface area contributed by atoms with Crippen LogP contribution in [0, 0.1) is 10.1 Å². The van der Waals surface area contributed by atoms with Crippen LogP contribution in [-0.4, -0.2) is 34.9 Å². The molecule has 9 nitrogen and oxygen atoms in total. The molecule has 3 aromatic rings. The van der Waals surface area contributed by atoms with Gasteiger partial charge in [0.25, 0.3) is 0 Å². The van der Waals surface area contributed by atoms with Gasteiger partial charge in [0.15, 0.2) is 17.4 Å². The summed E-state index contributed by atoms with van der Waals surface area (Å²) in [6.07, 6.45) is -2.68. The van der Waals surface area contributed by atoms with E-state index in [4.69, 9.17) is 0 Å². The van der Waals surface area contributed by atoms with Gasteiger partial charge in [0.1, 0.15) is 0 Å². The molecule has 0 atom stereocenters. The van der Waals surface area contributed by atoms with Crippen LogP contribution in [-0.2, 0) is 13.2 Å². The van der Waals surface area contributed by atoms with Crippen molar-refractivity contribution in [3.63, 3.8) is 0 Å². The lowest BCUT2D eigenvalue weighted by atomic mass is 10.1. The van der Waals surface area contributed by atoms with E-state index in [1.165, 1.54) is 11.6 Å². The maximum Gasteiger partial charge on any atom is 0.417 e. The van der Waals surface area contributed by atoms with Crippen molar-refractivity contribution in [3.8, 4) is 34.3 Å². The van der Waals surface area contributed by atoms with Gasteiger partial charge >= 0.3 is 11.9 Å². The van der Waals surface area contributed by atoms with Gasteiger partial charge in [-0.05, 0) is 12.1 Å². The molecule has 27 heavy (non-hydrogen) atoms. The molecule has 0 bridgehead atoms. The fourth-order valence-electron chi connectivity index (χ4n) is 2.51. The molecule has 2 N–H and O–H groups in total. The molecular formula is C15H10F3N5O4. The Balaban J connectivity index is 2.18.